The predicted molar refractivity (Wildman–Crippen MR) is 265 cm³/mol. The molecule has 0 bridgehead atoms. The van der Waals surface area contributed by atoms with E-state index in [0.717, 1.165) is 54.1 Å². The monoisotopic (exact) mass is 826 g/mol. The van der Waals surface area contributed by atoms with Gasteiger partial charge in [-0.05, 0) is 174 Å². The van der Waals surface area contributed by atoms with E-state index in [1.165, 1.54) is 72.1 Å². The molecule has 1 aliphatic rings. The molecule has 7 aromatic carbocycles. The lowest BCUT2D eigenvalue weighted by molar-refractivity contribution is 0.661. The smallest absolute Gasteiger partial charge is 0.0543 e. The van der Waals surface area contributed by atoms with Crippen molar-refractivity contribution in [3.05, 3.63) is 201 Å². The fourth-order valence-electron chi connectivity index (χ4n) is 9.46. The molecule has 2 heterocycles. The van der Waals surface area contributed by atoms with Crippen LogP contribution >= 0.6 is 22.7 Å². The van der Waals surface area contributed by atoms with Gasteiger partial charge in [-0.15, -0.1) is 0 Å². The first kappa shape index (κ1) is 39.0. The summed E-state index contributed by atoms with van der Waals surface area (Å²) in [6.45, 7) is 9.34. The van der Waals surface area contributed by atoms with Crippen molar-refractivity contribution in [2.45, 2.75) is 58.8 Å². The van der Waals surface area contributed by atoms with Crippen molar-refractivity contribution in [3.63, 3.8) is 0 Å². The maximum Gasteiger partial charge on any atom is 0.0543 e. The zero-order valence-corrected chi connectivity index (χ0v) is 37.0. The molecule has 300 valence electrons. The molecule has 10 rings (SSSR count). The standard InChI is InChI=1S/C57H50N2S2/c1-5-11-39-19-23-45(24-20-39)58(47-15-9-13-41(33-47)43-29-31-60-37-43)49-27-28-52-53(35-49)57(3,4)54-36-55(50-17-7-8-18-51(50)56(52)54)59(46-25-21-40(12-6-2)22-26-46)48-16-10-14-42(34-48)44-30-32-61-38-44/h7-10,13-38H,5-6,11-12H2,1-4H3. The van der Waals surface area contributed by atoms with Gasteiger partial charge in [-0.25, -0.2) is 0 Å². The number of fused-ring (bicyclic) bond motifs is 5. The fourth-order valence-corrected chi connectivity index (χ4v) is 10.8. The molecule has 0 spiro atoms. The first-order valence-corrected chi connectivity index (χ1v) is 23.5. The van der Waals surface area contributed by atoms with Gasteiger partial charge in [0.05, 0.1) is 5.69 Å². The van der Waals surface area contributed by atoms with Crippen molar-refractivity contribution < 1.29 is 0 Å². The number of hydrogen-bond donors (Lipinski definition) is 0. The van der Waals surface area contributed by atoms with E-state index in [9.17, 15) is 0 Å². The van der Waals surface area contributed by atoms with Gasteiger partial charge in [0.15, 0.2) is 0 Å². The van der Waals surface area contributed by atoms with E-state index in [0.29, 0.717) is 0 Å². The van der Waals surface area contributed by atoms with Crippen LogP contribution in [0.4, 0.5) is 34.1 Å². The molecule has 2 aromatic heterocycles. The van der Waals surface area contributed by atoms with E-state index in [-0.39, 0.29) is 5.41 Å². The van der Waals surface area contributed by atoms with Crippen molar-refractivity contribution in [2.75, 3.05) is 9.80 Å². The lowest BCUT2D eigenvalue weighted by Crippen LogP contribution is -2.18. The maximum atomic E-state index is 2.50. The molecular weight excluding hydrogens is 777 g/mol. The third-order valence-electron chi connectivity index (χ3n) is 12.5. The van der Waals surface area contributed by atoms with Crippen molar-refractivity contribution in [2.24, 2.45) is 0 Å². The Bertz CT molecular complexity index is 2960. The molecule has 61 heavy (non-hydrogen) atoms. The Labute approximate surface area is 369 Å². The first-order chi connectivity index (χ1) is 29.9. The van der Waals surface area contributed by atoms with Crippen LogP contribution < -0.4 is 9.80 Å². The van der Waals surface area contributed by atoms with Gasteiger partial charge >= 0.3 is 0 Å². The quantitative estimate of drug-likeness (QED) is 0.121. The van der Waals surface area contributed by atoms with Gasteiger partial charge in [0.25, 0.3) is 0 Å². The lowest BCUT2D eigenvalue weighted by Gasteiger charge is -2.30. The summed E-state index contributed by atoms with van der Waals surface area (Å²) in [6.07, 6.45) is 4.42. The number of rotatable bonds is 12. The number of benzene rings is 7. The van der Waals surface area contributed by atoms with E-state index in [2.05, 4.69) is 217 Å². The summed E-state index contributed by atoms with van der Waals surface area (Å²) in [7, 11) is 0. The SMILES string of the molecule is CCCc1ccc(N(c2cccc(-c3ccsc3)c2)c2ccc3c(c2)C(C)(C)c2cc(N(c4ccc(CCC)cc4)c4cccc(-c5ccsc5)c4)c4ccccc4c2-3)cc1. The minimum Gasteiger partial charge on any atom is -0.310 e. The van der Waals surface area contributed by atoms with Gasteiger partial charge in [-0.2, -0.15) is 22.7 Å². The van der Waals surface area contributed by atoms with Crippen LogP contribution in [-0.4, -0.2) is 0 Å². The molecule has 0 unspecified atom stereocenters. The summed E-state index contributed by atoms with van der Waals surface area (Å²) >= 11 is 3.48. The maximum absolute atomic E-state index is 2.50. The molecule has 0 saturated heterocycles. The molecule has 0 atom stereocenters. The zero-order valence-electron chi connectivity index (χ0n) is 35.4. The Balaban J connectivity index is 1.14. The topological polar surface area (TPSA) is 6.48 Å². The normalized spacial score (nSPS) is 12.7. The van der Waals surface area contributed by atoms with E-state index in [4.69, 9.17) is 0 Å². The minimum absolute atomic E-state index is 0.274. The zero-order chi connectivity index (χ0) is 41.5. The largest absolute Gasteiger partial charge is 0.310 e. The molecular formula is C57H50N2S2. The van der Waals surface area contributed by atoms with E-state index >= 15 is 0 Å². The summed E-state index contributed by atoms with van der Waals surface area (Å²) in [5.74, 6) is 0. The van der Waals surface area contributed by atoms with Gasteiger partial charge < -0.3 is 9.80 Å². The van der Waals surface area contributed by atoms with Crippen LogP contribution in [0.3, 0.4) is 0 Å². The Morgan fingerprint density at radius 2 is 0.967 bits per heavy atom. The van der Waals surface area contributed by atoms with Crippen molar-refractivity contribution >= 4 is 67.6 Å². The van der Waals surface area contributed by atoms with Crippen molar-refractivity contribution in [3.8, 4) is 33.4 Å². The highest BCUT2D eigenvalue weighted by molar-refractivity contribution is 7.08. The summed E-state index contributed by atoms with van der Waals surface area (Å²) in [5, 5.41) is 11.3. The number of anilines is 6. The van der Waals surface area contributed by atoms with Gasteiger partial charge in [-0.1, -0.05) is 119 Å². The van der Waals surface area contributed by atoms with Crippen molar-refractivity contribution in [1.82, 2.24) is 0 Å². The first-order valence-electron chi connectivity index (χ1n) is 21.7. The fraction of sp³-hybridized carbons (Fsp3) is 0.158. The second kappa shape index (κ2) is 16.3. The number of aryl methyl sites for hydroxylation is 2. The Kier molecular flexibility index (Phi) is 10.4. The van der Waals surface area contributed by atoms with Gasteiger partial charge in [0.2, 0.25) is 0 Å². The van der Waals surface area contributed by atoms with Crippen LogP contribution in [0, 0.1) is 0 Å². The summed E-state index contributed by atoms with van der Waals surface area (Å²) < 4.78 is 0. The average Bonchev–Trinajstić information content (AvgIpc) is 4.08. The molecule has 0 saturated carbocycles. The highest BCUT2D eigenvalue weighted by atomic mass is 32.1. The van der Waals surface area contributed by atoms with Crippen LogP contribution in [0.15, 0.2) is 179 Å². The van der Waals surface area contributed by atoms with Gasteiger partial charge in [0.1, 0.15) is 0 Å². The molecule has 0 fully saturated rings. The number of nitrogens with zero attached hydrogens (tertiary/aromatic N) is 2. The van der Waals surface area contributed by atoms with E-state index < -0.39 is 0 Å². The summed E-state index contributed by atoms with van der Waals surface area (Å²) in [5.41, 5.74) is 19.7. The van der Waals surface area contributed by atoms with Crippen LogP contribution in [0.2, 0.25) is 0 Å². The number of hydrogen-bond acceptors (Lipinski definition) is 4. The summed E-state index contributed by atoms with van der Waals surface area (Å²) in [6, 6.07) is 59.7. The third-order valence-corrected chi connectivity index (χ3v) is 13.9. The predicted octanol–water partition coefficient (Wildman–Crippen LogP) is 17.4. The second-order valence-corrected chi connectivity index (χ2v) is 18.4. The van der Waals surface area contributed by atoms with Crippen LogP contribution in [0.25, 0.3) is 44.2 Å². The number of thiophene rings is 2. The van der Waals surface area contributed by atoms with Gasteiger partial charge in [-0.3, -0.25) is 0 Å². The highest BCUT2D eigenvalue weighted by Gasteiger charge is 2.38. The van der Waals surface area contributed by atoms with Crippen LogP contribution in [0.5, 0.6) is 0 Å². The Morgan fingerprint density at radius 1 is 0.443 bits per heavy atom. The molecule has 9 aromatic rings. The molecule has 4 heteroatoms. The lowest BCUT2D eigenvalue weighted by atomic mass is 9.81. The average molecular weight is 827 g/mol. The van der Waals surface area contributed by atoms with Crippen LogP contribution in [0.1, 0.15) is 62.8 Å². The Hall–Kier alpha value is -6.20. The van der Waals surface area contributed by atoms with Gasteiger partial charge in [0, 0.05) is 39.2 Å². The molecule has 0 amide bonds. The second-order valence-electron chi connectivity index (χ2n) is 16.8. The minimum atomic E-state index is -0.274. The third kappa shape index (κ3) is 7.18. The summed E-state index contributed by atoms with van der Waals surface area (Å²) in [4.78, 5) is 4.93. The molecule has 1 aliphatic carbocycles. The van der Waals surface area contributed by atoms with E-state index in [1.807, 2.05) is 0 Å². The molecule has 0 radical (unpaired) electrons. The van der Waals surface area contributed by atoms with Crippen LogP contribution in [-0.2, 0) is 18.3 Å². The molecule has 2 nitrogen and oxygen atoms in total. The van der Waals surface area contributed by atoms with Crippen molar-refractivity contribution in [1.29, 1.82) is 0 Å². The molecule has 0 aliphatic heterocycles. The molecule has 0 N–H and O–H groups in total. The Morgan fingerprint density at radius 3 is 1.52 bits per heavy atom. The highest BCUT2D eigenvalue weighted by Crippen LogP contribution is 2.56. The van der Waals surface area contributed by atoms with E-state index in [1.54, 1.807) is 22.7 Å².